The highest BCUT2D eigenvalue weighted by Gasteiger charge is 2.21. The number of rotatable bonds is 10. The smallest absolute Gasteiger partial charge is 0.262 e. The normalized spacial score (nSPS) is 11.7. The largest absolute Gasteiger partial charge is 0.359 e. The van der Waals surface area contributed by atoms with Crippen LogP contribution >= 0.6 is 0 Å². The molecule has 3 nitrogen and oxygen atoms in total. The molecule has 0 fully saturated rings. The summed E-state index contributed by atoms with van der Waals surface area (Å²) >= 11 is 0. The highest BCUT2D eigenvalue weighted by atomic mass is 16.5. The lowest BCUT2D eigenvalue weighted by atomic mass is 10.0. The third-order valence-corrected chi connectivity index (χ3v) is 2.54. The van der Waals surface area contributed by atoms with Crippen LogP contribution in [0.5, 0.6) is 0 Å². The molecular weight excluding hydrogens is 192 g/mol. The minimum atomic E-state index is -2.22. The first kappa shape index (κ1) is 14.6. The fraction of sp³-hybridized carbons (Fsp3) is 0.917. The molecule has 1 radical (unpaired) electrons. The summed E-state index contributed by atoms with van der Waals surface area (Å²) in [4.78, 5) is 10.0. The average molecular weight is 215 g/mol. The van der Waals surface area contributed by atoms with Gasteiger partial charge in [-0.2, -0.15) is 0 Å². The van der Waals surface area contributed by atoms with Crippen molar-refractivity contribution in [2.75, 3.05) is 0 Å². The summed E-state index contributed by atoms with van der Waals surface area (Å²) in [7, 11) is 0. The molecule has 0 aliphatic carbocycles. The fourth-order valence-electron chi connectivity index (χ4n) is 1.56. The average Bonchev–Trinajstić information content (AvgIpc) is 2.22. The molecule has 0 aromatic rings. The Kier molecular flexibility index (Phi) is 8.62. The van der Waals surface area contributed by atoms with Crippen LogP contribution in [0.1, 0.15) is 64.7 Å². The lowest BCUT2D eigenvalue weighted by Crippen LogP contribution is -2.29. The van der Waals surface area contributed by atoms with Crippen LogP contribution in [0.25, 0.3) is 0 Å². The quantitative estimate of drug-likeness (QED) is 0.434. The molecule has 0 atom stereocenters. The number of carbonyl (C=O) groups excluding carboxylic acids is 1. The van der Waals surface area contributed by atoms with Gasteiger partial charge in [-0.25, -0.2) is 0 Å². The first-order valence-corrected chi connectivity index (χ1v) is 5.96. The zero-order valence-electron chi connectivity index (χ0n) is 9.67. The van der Waals surface area contributed by atoms with Crippen molar-refractivity contribution >= 4 is 6.29 Å². The third kappa shape index (κ3) is 9.88. The molecule has 0 unspecified atom stereocenters. The topological polar surface area (TPSA) is 57.5 Å². The van der Waals surface area contributed by atoms with Crippen molar-refractivity contribution in [2.24, 2.45) is 0 Å². The minimum absolute atomic E-state index is 0.103. The predicted octanol–water partition coefficient (Wildman–Crippen LogP) is 2.31. The zero-order valence-corrected chi connectivity index (χ0v) is 9.67. The summed E-state index contributed by atoms with van der Waals surface area (Å²) in [6.07, 6.45) is 10.4. The van der Waals surface area contributed by atoms with E-state index in [1.54, 1.807) is 0 Å². The molecule has 0 aromatic heterocycles. The summed E-state index contributed by atoms with van der Waals surface area (Å²) in [5, 5.41) is 17.9. The molecule has 15 heavy (non-hydrogen) atoms. The van der Waals surface area contributed by atoms with E-state index in [1.165, 1.54) is 38.4 Å². The van der Waals surface area contributed by atoms with Crippen LogP contribution in [0.4, 0.5) is 0 Å². The van der Waals surface area contributed by atoms with Gasteiger partial charge in [-0.1, -0.05) is 51.9 Å². The summed E-state index contributed by atoms with van der Waals surface area (Å²) in [6.45, 7) is 2.19. The van der Waals surface area contributed by atoms with E-state index in [2.05, 4.69) is 6.92 Å². The Morgan fingerprint density at radius 3 is 1.87 bits per heavy atom. The van der Waals surface area contributed by atoms with Crippen molar-refractivity contribution in [1.29, 1.82) is 0 Å². The number of hydrogen-bond donors (Lipinski definition) is 2. The Labute approximate surface area is 92.5 Å². The van der Waals surface area contributed by atoms with Gasteiger partial charge in [-0.05, 0) is 6.42 Å². The van der Waals surface area contributed by atoms with Crippen molar-refractivity contribution in [3.63, 3.8) is 0 Å². The van der Waals surface area contributed by atoms with Gasteiger partial charge >= 0.3 is 0 Å². The van der Waals surface area contributed by atoms with E-state index in [-0.39, 0.29) is 6.42 Å². The molecule has 0 bridgehead atoms. The monoisotopic (exact) mass is 215 g/mol. The van der Waals surface area contributed by atoms with Crippen LogP contribution in [-0.4, -0.2) is 22.3 Å². The van der Waals surface area contributed by atoms with Crippen LogP contribution in [0.2, 0.25) is 0 Å². The molecule has 3 heteroatoms. The van der Waals surface area contributed by atoms with Crippen LogP contribution in [-0.2, 0) is 4.79 Å². The molecule has 0 spiro atoms. The van der Waals surface area contributed by atoms with Crippen LogP contribution in [0.3, 0.4) is 0 Å². The van der Waals surface area contributed by atoms with Gasteiger partial charge in [0.25, 0.3) is 6.29 Å². The Bertz CT molecular complexity index is 155. The third-order valence-electron chi connectivity index (χ3n) is 2.54. The first-order chi connectivity index (χ1) is 7.12. The van der Waals surface area contributed by atoms with E-state index >= 15 is 0 Å². The summed E-state index contributed by atoms with van der Waals surface area (Å²) in [5.41, 5.74) is 0. The van der Waals surface area contributed by atoms with Gasteiger partial charge in [-0.15, -0.1) is 0 Å². The molecule has 0 amide bonds. The SMILES string of the molecule is CCCCCCCCCCC(O)(O)[C]=O. The van der Waals surface area contributed by atoms with Crippen LogP contribution in [0.15, 0.2) is 0 Å². The van der Waals surface area contributed by atoms with Crippen molar-refractivity contribution in [1.82, 2.24) is 0 Å². The van der Waals surface area contributed by atoms with Crippen LogP contribution in [0, 0.1) is 0 Å². The van der Waals surface area contributed by atoms with E-state index in [0.717, 1.165) is 12.8 Å². The van der Waals surface area contributed by atoms with Gasteiger partial charge in [0, 0.05) is 6.42 Å². The molecule has 0 aliphatic heterocycles. The Morgan fingerprint density at radius 1 is 0.933 bits per heavy atom. The predicted molar refractivity (Wildman–Crippen MR) is 60.1 cm³/mol. The lowest BCUT2D eigenvalue weighted by molar-refractivity contribution is -0.106. The lowest BCUT2D eigenvalue weighted by Gasteiger charge is -2.12. The fourth-order valence-corrected chi connectivity index (χ4v) is 1.56. The molecule has 0 saturated carbocycles. The molecule has 0 rings (SSSR count). The van der Waals surface area contributed by atoms with Crippen molar-refractivity contribution in [3.05, 3.63) is 0 Å². The van der Waals surface area contributed by atoms with Crippen molar-refractivity contribution in [2.45, 2.75) is 70.5 Å². The minimum Gasteiger partial charge on any atom is -0.359 e. The maximum absolute atomic E-state index is 10.0. The Hall–Kier alpha value is -0.410. The maximum Gasteiger partial charge on any atom is 0.262 e. The van der Waals surface area contributed by atoms with E-state index in [4.69, 9.17) is 10.2 Å². The molecule has 0 aliphatic rings. The standard InChI is InChI=1S/C12H23O3/c1-2-3-4-5-6-7-8-9-10-12(14,15)11-13/h14-15H,2-10H2,1H3. The molecule has 0 saturated heterocycles. The van der Waals surface area contributed by atoms with Gasteiger partial charge in [0.1, 0.15) is 0 Å². The first-order valence-electron chi connectivity index (χ1n) is 5.96. The van der Waals surface area contributed by atoms with Gasteiger partial charge < -0.3 is 10.2 Å². The van der Waals surface area contributed by atoms with E-state index < -0.39 is 5.79 Å². The molecular formula is C12H23O3. The Balaban J connectivity index is 3.15. The number of hydrogen-bond acceptors (Lipinski definition) is 3. The van der Waals surface area contributed by atoms with E-state index in [9.17, 15) is 4.79 Å². The van der Waals surface area contributed by atoms with Gasteiger partial charge in [0.2, 0.25) is 5.79 Å². The van der Waals surface area contributed by atoms with E-state index in [0.29, 0.717) is 6.42 Å². The maximum atomic E-state index is 10.0. The zero-order chi connectivity index (χ0) is 11.6. The number of aliphatic hydroxyl groups is 2. The molecule has 0 heterocycles. The number of unbranched alkanes of at least 4 members (excludes halogenated alkanes) is 7. The highest BCUT2D eigenvalue weighted by Crippen LogP contribution is 2.13. The molecule has 89 valence electrons. The van der Waals surface area contributed by atoms with Gasteiger partial charge in [-0.3, -0.25) is 4.79 Å². The van der Waals surface area contributed by atoms with Gasteiger partial charge in [0.05, 0.1) is 0 Å². The second kappa shape index (κ2) is 8.86. The Morgan fingerprint density at radius 2 is 1.40 bits per heavy atom. The summed E-state index contributed by atoms with van der Waals surface area (Å²) < 4.78 is 0. The molecule has 0 aromatic carbocycles. The van der Waals surface area contributed by atoms with Gasteiger partial charge in [0.15, 0.2) is 0 Å². The van der Waals surface area contributed by atoms with Crippen molar-refractivity contribution in [3.8, 4) is 0 Å². The second-order valence-electron chi connectivity index (χ2n) is 4.14. The van der Waals surface area contributed by atoms with Crippen LogP contribution < -0.4 is 0 Å². The second-order valence-corrected chi connectivity index (χ2v) is 4.14. The molecule has 2 N–H and O–H groups in total. The summed E-state index contributed by atoms with van der Waals surface area (Å²) in [6, 6.07) is 0. The van der Waals surface area contributed by atoms with Crippen molar-refractivity contribution < 1.29 is 15.0 Å². The summed E-state index contributed by atoms with van der Waals surface area (Å²) in [5.74, 6) is -2.22. The highest BCUT2D eigenvalue weighted by molar-refractivity contribution is 5.59. The van der Waals surface area contributed by atoms with E-state index in [1.807, 2.05) is 0 Å².